The van der Waals surface area contributed by atoms with Crippen molar-refractivity contribution in [3.63, 3.8) is 0 Å². The van der Waals surface area contributed by atoms with E-state index in [4.69, 9.17) is 25.8 Å². The number of rotatable bonds is 11. The Morgan fingerprint density at radius 1 is 0.950 bits per heavy atom. The normalized spacial score (nSPS) is 13.7. The lowest BCUT2D eigenvalue weighted by Gasteiger charge is -2.32. The summed E-state index contributed by atoms with van der Waals surface area (Å²) in [5.74, 6) is -0.799. The van der Waals surface area contributed by atoms with Crippen molar-refractivity contribution in [1.82, 2.24) is 5.32 Å². The second-order valence-corrected chi connectivity index (χ2v) is 11.6. The number of methoxy groups -OCH3 is 1. The SMILES string of the molecule is COC[C@](C)(C[C@@H](Cc1ccc(-c2cc(Cl)ccc2F)cc1)NC(=O)OC(C)(C)C)C(=O)OCc1ccccc1. The fourth-order valence-electron chi connectivity index (χ4n) is 4.43. The van der Waals surface area contributed by atoms with Gasteiger partial charge in [0, 0.05) is 23.7 Å². The fraction of sp³-hybridized carbons (Fsp3) is 0.375. The number of hydrogen-bond donors (Lipinski definition) is 1. The smallest absolute Gasteiger partial charge is 0.407 e. The minimum absolute atomic E-state index is 0.0973. The van der Waals surface area contributed by atoms with E-state index in [1.54, 1.807) is 45.9 Å². The molecule has 40 heavy (non-hydrogen) atoms. The minimum Gasteiger partial charge on any atom is -0.460 e. The third-order valence-electron chi connectivity index (χ3n) is 6.26. The fourth-order valence-corrected chi connectivity index (χ4v) is 4.61. The Hall–Kier alpha value is -3.42. The van der Waals surface area contributed by atoms with Crippen molar-refractivity contribution < 1.29 is 28.2 Å². The van der Waals surface area contributed by atoms with Crippen LogP contribution in [0, 0.1) is 11.2 Å². The first-order chi connectivity index (χ1) is 18.9. The molecule has 214 valence electrons. The second kappa shape index (κ2) is 13.8. The number of ether oxygens (including phenoxy) is 3. The van der Waals surface area contributed by atoms with Gasteiger partial charge in [-0.15, -0.1) is 0 Å². The number of carbonyl (C=O) groups excluding carboxylic acids is 2. The molecule has 3 rings (SSSR count). The molecule has 0 heterocycles. The van der Waals surface area contributed by atoms with Gasteiger partial charge in [-0.3, -0.25) is 4.79 Å². The number of alkyl carbamates (subject to hydrolysis) is 1. The summed E-state index contributed by atoms with van der Waals surface area (Å²) in [4.78, 5) is 26.1. The molecule has 0 aliphatic carbocycles. The molecule has 3 aromatic carbocycles. The van der Waals surface area contributed by atoms with E-state index in [9.17, 15) is 14.0 Å². The third kappa shape index (κ3) is 9.35. The molecular formula is C32H37ClFNO5. The van der Waals surface area contributed by atoms with Crippen LogP contribution >= 0.6 is 11.6 Å². The lowest BCUT2D eigenvalue weighted by atomic mass is 9.82. The van der Waals surface area contributed by atoms with Crippen molar-refractivity contribution in [2.45, 2.75) is 58.8 Å². The molecule has 6 nitrogen and oxygen atoms in total. The molecule has 3 aromatic rings. The average Bonchev–Trinajstić information content (AvgIpc) is 2.88. The largest absolute Gasteiger partial charge is 0.460 e. The van der Waals surface area contributed by atoms with Gasteiger partial charge in [-0.1, -0.05) is 66.2 Å². The molecule has 0 aliphatic heterocycles. The zero-order valence-corrected chi connectivity index (χ0v) is 24.4. The number of benzene rings is 3. The first-order valence-corrected chi connectivity index (χ1v) is 13.5. The Morgan fingerprint density at radius 3 is 2.25 bits per heavy atom. The Morgan fingerprint density at radius 2 is 1.62 bits per heavy atom. The number of esters is 1. The monoisotopic (exact) mass is 569 g/mol. The third-order valence-corrected chi connectivity index (χ3v) is 6.50. The molecule has 0 saturated carbocycles. The van der Waals surface area contributed by atoms with Gasteiger partial charge in [0.25, 0.3) is 0 Å². The summed E-state index contributed by atoms with van der Waals surface area (Å²) in [5, 5.41) is 3.37. The van der Waals surface area contributed by atoms with Gasteiger partial charge in [-0.25, -0.2) is 9.18 Å². The van der Waals surface area contributed by atoms with Crippen molar-refractivity contribution in [2.24, 2.45) is 5.41 Å². The van der Waals surface area contributed by atoms with Gasteiger partial charge in [0.05, 0.1) is 12.0 Å². The zero-order chi connectivity index (χ0) is 29.3. The molecule has 0 spiro atoms. The van der Waals surface area contributed by atoms with Crippen molar-refractivity contribution in [2.75, 3.05) is 13.7 Å². The summed E-state index contributed by atoms with van der Waals surface area (Å²) >= 11 is 6.06. The number of nitrogens with one attached hydrogen (secondary N) is 1. The van der Waals surface area contributed by atoms with Crippen LogP contribution in [0.5, 0.6) is 0 Å². The highest BCUT2D eigenvalue weighted by Crippen LogP contribution is 2.30. The predicted octanol–water partition coefficient (Wildman–Crippen LogP) is 7.37. The van der Waals surface area contributed by atoms with E-state index in [2.05, 4.69) is 5.32 Å². The van der Waals surface area contributed by atoms with Crippen molar-refractivity contribution >= 4 is 23.7 Å². The summed E-state index contributed by atoms with van der Waals surface area (Å²) in [7, 11) is 1.52. The topological polar surface area (TPSA) is 73.9 Å². The van der Waals surface area contributed by atoms with E-state index >= 15 is 0 Å². The zero-order valence-electron chi connectivity index (χ0n) is 23.6. The molecule has 0 radical (unpaired) electrons. The highest BCUT2D eigenvalue weighted by Gasteiger charge is 2.38. The summed E-state index contributed by atoms with van der Waals surface area (Å²) in [6.45, 7) is 7.34. The number of halogens is 2. The summed E-state index contributed by atoms with van der Waals surface area (Å²) < 4.78 is 30.9. The van der Waals surface area contributed by atoms with Crippen LogP contribution in [0.25, 0.3) is 11.1 Å². The molecule has 0 aliphatic rings. The molecule has 2 atom stereocenters. The summed E-state index contributed by atoms with van der Waals surface area (Å²) in [6.07, 6.45) is 0.0359. The van der Waals surface area contributed by atoms with Crippen LogP contribution in [0.2, 0.25) is 5.02 Å². The molecule has 0 bridgehead atoms. The number of amides is 1. The standard InChI is InChI=1S/C32H37ClFNO5/c1-31(2,3)40-30(37)35-26(17-22-11-13-24(14-12-22)27-18-25(33)15-16-28(27)34)19-32(4,21-38-5)29(36)39-20-23-9-7-6-8-10-23/h6-16,18,26H,17,19-21H2,1-5H3,(H,35,37)/t26-,32+/m1/s1. The van der Waals surface area contributed by atoms with Crippen LogP contribution < -0.4 is 5.32 Å². The van der Waals surface area contributed by atoms with Gasteiger partial charge in [0.15, 0.2) is 0 Å². The van der Waals surface area contributed by atoms with Gasteiger partial charge in [0.2, 0.25) is 0 Å². The van der Waals surface area contributed by atoms with Crippen LogP contribution in [0.3, 0.4) is 0 Å². The van der Waals surface area contributed by atoms with Crippen molar-refractivity contribution in [3.05, 3.63) is 94.8 Å². The van der Waals surface area contributed by atoms with Crippen LogP contribution in [0.15, 0.2) is 72.8 Å². The van der Waals surface area contributed by atoms with Crippen LogP contribution in [0.4, 0.5) is 9.18 Å². The van der Waals surface area contributed by atoms with Gasteiger partial charge in [-0.2, -0.15) is 0 Å². The van der Waals surface area contributed by atoms with E-state index in [1.165, 1.54) is 19.2 Å². The molecule has 0 unspecified atom stereocenters. The number of carbonyl (C=O) groups is 2. The van der Waals surface area contributed by atoms with Gasteiger partial charge >= 0.3 is 12.1 Å². The average molecular weight is 570 g/mol. The number of hydrogen-bond acceptors (Lipinski definition) is 5. The molecule has 8 heteroatoms. The van der Waals surface area contributed by atoms with E-state index in [1.807, 2.05) is 42.5 Å². The van der Waals surface area contributed by atoms with Gasteiger partial charge in [0.1, 0.15) is 18.0 Å². The first kappa shape index (κ1) is 31.1. The van der Waals surface area contributed by atoms with E-state index < -0.39 is 29.1 Å². The Labute approximate surface area is 240 Å². The van der Waals surface area contributed by atoms with Crippen LogP contribution in [0.1, 0.15) is 45.2 Å². The lowest BCUT2D eigenvalue weighted by molar-refractivity contribution is -0.160. The summed E-state index contributed by atoms with van der Waals surface area (Å²) in [5.41, 5.74) is 1.08. The van der Waals surface area contributed by atoms with Gasteiger partial charge < -0.3 is 19.5 Å². The first-order valence-electron chi connectivity index (χ1n) is 13.1. The quantitative estimate of drug-likeness (QED) is 0.244. The minimum atomic E-state index is -1.05. The van der Waals surface area contributed by atoms with Crippen molar-refractivity contribution in [3.8, 4) is 11.1 Å². The Bertz CT molecular complexity index is 1280. The van der Waals surface area contributed by atoms with E-state index in [-0.39, 0.29) is 25.5 Å². The second-order valence-electron chi connectivity index (χ2n) is 11.1. The van der Waals surface area contributed by atoms with Crippen molar-refractivity contribution in [1.29, 1.82) is 0 Å². The van der Waals surface area contributed by atoms with Crippen LogP contribution in [-0.4, -0.2) is 37.4 Å². The van der Waals surface area contributed by atoms with Gasteiger partial charge in [-0.05, 0) is 75.4 Å². The maximum Gasteiger partial charge on any atom is 0.407 e. The predicted molar refractivity (Wildman–Crippen MR) is 155 cm³/mol. The van der Waals surface area contributed by atoms with E-state index in [0.29, 0.717) is 22.6 Å². The highest BCUT2D eigenvalue weighted by atomic mass is 35.5. The lowest BCUT2D eigenvalue weighted by Crippen LogP contribution is -2.46. The van der Waals surface area contributed by atoms with E-state index in [0.717, 1.165) is 11.1 Å². The molecule has 0 saturated heterocycles. The molecule has 0 aromatic heterocycles. The Balaban J connectivity index is 1.81. The Kier molecular flexibility index (Phi) is 10.7. The maximum atomic E-state index is 14.4. The highest BCUT2D eigenvalue weighted by molar-refractivity contribution is 6.30. The molecule has 1 N–H and O–H groups in total. The molecule has 1 amide bonds. The summed E-state index contributed by atoms with van der Waals surface area (Å²) in [6, 6.07) is 20.7. The van der Waals surface area contributed by atoms with Crippen LogP contribution in [-0.2, 0) is 32.0 Å². The molecular weight excluding hydrogens is 533 g/mol. The molecule has 0 fully saturated rings. The maximum absolute atomic E-state index is 14.4.